The molecule has 0 aliphatic rings. The summed E-state index contributed by atoms with van der Waals surface area (Å²) in [7, 11) is 0. The van der Waals surface area contributed by atoms with Crippen LogP contribution in [0.1, 0.15) is 45.2 Å². The summed E-state index contributed by atoms with van der Waals surface area (Å²) >= 11 is 0. The van der Waals surface area contributed by atoms with Crippen molar-refractivity contribution in [3.63, 3.8) is 0 Å². The quantitative estimate of drug-likeness (QED) is 0.178. The molecule has 0 aliphatic carbocycles. The first-order valence-corrected chi connectivity index (χ1v) is 13.4. The molecule has 0 aliphatic heterocycles. The summed E-state index contributed by atoms with van der Waals surface area (Å²) in [6.45, 7) is 5.61. The molecule has 5 atom stereocenters. The van der Waals surface area contributed by atoms with Crippen molar-refractivity contribution in [1.29, 1.82) is 0 Å². The Kier molecular flexibility index (Phi) is 11.7. The fourth-order valence-corrected chi connectivity index (χ4v) is 4.15. The van der Waals surface area contributed by atoms with E-state index >= 15 is 0 Å². The molecular weight excluding hydrogens is 573 g/mol. The lowest BCUT2D eigenvalue weighted by Gasteiger charge is -2.49. The smallest absolute Gasteiger partial charge is 0.432 e. The van der Waals surface area contributed by atoms with Gasteiger partial charge in [0.15, 0.2) is 6.29 Å². The molecule has 2 aromatic rings. The Morgan fingerprint density at radius 2 is 1.49 bits per heavy atom. The number of amides is 2. The lowest BCUT2D eigenvalue weighted by Crippen LogP contribution is -2.80. The molecule has 11 nitrogen and oxygen atoms in total. The standard InChI is InChI=1S/C29H39F3N4O7/c1-19(38)27(33,17-21-13-9-6-10-14-21)36(28(34,18-37)29(30,31)32)25(41)42-23(35-24(40)43-26(2,3)4)22(39)16-15-20-11-7-5-8-12-20/h5-14,18-19,22-23,38-39H,15-17,33-34H2,1-4H3,(H,35,40). The first-order chi connectivity index (χ1) is 19.8. The molecule has 0 fully saturated rings. The molecular formula is C29H39F3N4O7. The van der Waals surface area contributed by atoms with Crippen LogP contribution in [-0.4, -0.2) is 75.1 Å². The van der Waals surface area contributed by atoms with Gasteiger partial charge in [0.2, 0.25) is 11.9 Å². The monoisotopic (exact) mass is 612 g/mol. The van der Waals surface area contributed by atoms with Gasteiger partial charge in [0.05, 0.1) is 6.10 Å². The summed E-state index contributed by atoms with van der Waals surface area (Å²) in [5.41, 5.74) is 5.07. The number of nitrogens with two attached hydrogens (primary N) is 2. The molecule has 0 bridgehead atoms. The number of aldehydes is 1. The van der Waals surface area contributed by atoms with Gasteiger partial charge in [0.1, 0.15) is 17.4 Å². The molecule has 0 spiro atoms. The highest BCUT2D eigenvalue weighted by molar-refractivity contribution is 5.78. The molecule has 0 saturated heterocycles. The third kappa shape index (κ3) is 9.38. The van der Waals surface area contributed by atoms with Gasteiger partial charge in [-0.1, -0.05) is 60.7 Å². The number of benzene rings is 2. The van der Waals surface area contributed by atoms with Gasteiger partial charge >= 0.3 is 18.4 Å². The summed E-state index contributed by atoms with van der Waals surface area (Å²) in [6, 6.07) is 16.4. The van der Waals surface area contributed by atoms with Crippen molar-refractivity contribution in [3.05, 3.63) is 71.8 Å². The van der Waals surface area contributed by atoms with E-state index in [0.29, 0.717) is 0 Å². The number of carbonyl (C=O) groups is 3. The predicted molar refractivity (Wildman–Crippen MR) is 150 cm³/mol. The number of aliphatic hydroxyl groups excluding tert-OH is 2. The first-order valence-electron chi connectivity index (χ1n) is 13.4. The Bertz CT molecular complexity index is 1210. The van der Waals surface area contributed by atoms with Crippen LogP contribution in [0, 0.1) is 0 Å². The van der Waals surface area contributed by atoms with Crippen LogP contribution in [0.4, 0.5) is 22.8 Å². The molecule has 0 aromatic heterocycles. The van der Waals surface area contributed by atoms with Crippen LogP contribution in [-0.2, 0) is 27.1 Å². The summed E-state index contributed by atoms with van der Waals surface area (Å²) in [5.74, 6) is 0. The van der Waals surface area contributed by atoms with Gasteiger partial charge in [-0.3, -0.25) is 20.7 Å². The van der Waals surface area contributed by atoms with E-state index in [2.05, 4.69) is 5.32 Å². The molecule has 0 heterocycles. The van der Waals surface area contributed by atoms with Gasteiger partial charge < -0.3 is 25.4 Å². The van der Waals surface area contributed by atoms with E-state index < -0.39 is 66.4 Å². The summed E-state index contributed by atoms with van der Waals surface area (Å²) < 4.78 is 53.5. The number of hydrogen-bond donors (Lipinski definition) is 5. The highest BCUT2D eigenvalue weighted by Gasteiger charge is 2.64. The summed E-state index contributed by atoms with van der Waals surface area (Å²) in [6.07, 6.45) is -15.6. The van der Waals surface area contributed by atoms with Crippen molar-refractivity contribution < 1.29 is 47.2 Å². The van der Waals surface area contributed by atoms with Gasteiger partial charge in [-0.25, -0.2) is 9.59 Å². The van der Waals surface area contributed by atoms with Gasteiger partial charge in [-0.2, -0.15) is 13.2 Å². The number of ether oxygens (including phenoxy) is 2. The number of alkyl halides is 3. The molecule has 0 saturated carbocycles. The number of nitrogens with zero attached hydrogens (tertiary/aromatic N) is 1. The minimum atomic E-state index is -5.61. The number of alkyl carbamates (subject to hydrolysis) is 1. The maximum Gasteiger partial charge on any atom is 0.432 e. The van der Waals surface area contributed by atoms with Gasteiger partial charge in [-0.15, -0.1) is 0 Å². The van der Waals surface area contributed by atoms with Gasteiger partial charge in [0, 0.05) is 6.42 Å². The van der Waals surface area contributed by atoms with Crippen LogP contribution in [0.15, 0.2) is 60.7 Å². The highest BCUT2D eigenvalue weighted by Crippen LogP contribution is 2.36. The van der Waals surface area contributed by atoms with Gasteiger partial charge in [-0.05, 0) is 51.7 Å². The van der Waals surface area contributed by atoms with E-state index in [0.717, 1.165) is 12.5 Å². The van der Waals surface area contributed by atoms with Gasteiger partial charge in [0.25, 0.3) is 0 Å². The van der Waals surface area contributed by atoms with Crippen LogP contribution in [0.2, 0.25) is 0 Å². The number of aryl methyl sites for hydroxylation is 1. The zero-order chi connectivity index (χ0) is 32.6. The van der Waals surface area contributed by atoms with Crippen molar-refractivity contribution in [3.8, 4) is 0 Å². The molecule has 2 amide bonds. The number of hydrogen-bond acceptors (Lipinski definition) is 9. The van der Waals surface area contributed by atoms with E-state index in [1.165, 1.54) is 32.9 Å². The van der Waals surface area contributed by atoms with E-state index in [-0.39, 0.29) is 23.3 Å². The number of nitrogens with one attached hydrogen (secondary N) is 1. The van der Waals surface area contributed by atoms with E-state index in [1.54, 1.807) is 48.5 Å². The maximum atomic E-state index is 14.4. The molecule has 14 heteroatoms. The molecule has 43 heavy (non-hydrogen) atoms. The molecule has 2 rings (SSSR count). The van der Waals surface area contributed by atoms with E-state index in [1.807, 2.05) is 0 Å². The number of halogens is 3. The third-order valence-electron chi connectivity index (χ3n) is 6.46. The third-order valence-corrected chi connectivity index (χ3v) is 6.46. The second-order valence-electron chi connectivity index (χ2n) is 11.1. The molecule has 2 aromatic carbocycles. The van der Waals surface area contributed by atoms with Crippen LogP contribution in [0.5, 0.6) is 0 Å². The Morgan fingerprint density at radius 3 is 1.93 bits per heavy atom. The minimum absolute atomic E-state index is 0.132. The van der Waals surface area contributed by atoms with Crippen molar-refractivity contribution in [2.75, 3.05) is 0 Å². The van der Waals surface area contributed by atoms with Crippen LogP contribution >= 0.6 is 0 Å². The van der Waals surface area contributed by atoms with E-state index in [4.69, 9.17) is 20.9 Å². The Hall–Kier alpha value is -3.72. The summed E-state index contributed by atoms with van der Waals surface area (Å²) in [5, 5.41) is 23.7. The lowest BCUT2D eigenvalue weighted by molar-refractivity contribution is -0.236. The van der Waals surface area contributed by atoms with Crippen molar-refractivity contribution >= 4 is 18.5 Å². The number of rotatable bonds is 12. The topological polar surface area (TPSA) is 177 Å². The summed E-state index contributed by atoms with van der Waals surface area (Å²) in [4.78, 5) is 37.9. The van der Waals surface area contributed by atoms with Crippen molar-refractivity contribution in [2.45, 2.75) is 88.5 Å². The lowest BCUT2D eigenvalue weighted by atomic mass is 9.91. The predicted octanol–water partition coefficient (Wildman–Crippen LogP) is 2.96. The fraction of sp³-hybridized carbons (Fsp3) is 0.483. The van der Waals surface area contributed by atoms with Crippen LogP contribution in [0.3, 0.4) is 0 Å². The zero-order valence-electron chi connectivity index (χ0n) is 24.4. The normalized spacial score (nSPS) is 16.9. The first kappa shape index (κ1) is 35.5. The second-order valence-corrected chi connectivity index (χ2v) is 11.1. The van der Waals surface area contributed by atoms with Crippen molar-refractivity contribution in [2.24, 2.45) is 11.5 Å². The fourth-order valence-electron chi connectivity index (χ4n) is 4.15. The minimum Gasteiger partial charge on any atom is -0.444 e. The largest absolute Gasteiger partial charge is 0.444 e. The average Bonchev–Trinajstić information content (AvgIpc) is 2.90. The SMILES string of the molecule is CC(O)C(N)(Cc1ccccc1)N(C(=O)OC(NC(=O)OC(C)(C)C)C(O)CCc1ccccc1)C(N)(C=O)C(F)(F)F. The Balaban J connectivity index is 2.56. The molecule has 7 N–H and O–H groups in total. The highest BCUT2D eigenvalue weighted by atomic mass is 19.4. The Morgan fingerprint density at radius 1 is 0.977 bits per heavy atom. The zero-order valence-corrected chi connectivity index (χ0v) is 24.4. The number of carbonyl (C=O) groups excluding carboxylic acids is 3. The van der Waals surface area contributed by atoms with E-state index in [9.17, 15) is 37.8 Å². The van der Waals surface area contributed by atoms with Crippen LogP contribution < -0.4 is 16.8 Å². The average molecular weight is 613 g/mol. The number of aliphatic hydroxyl groups is 2. The van der Waals surface area contributed by atoms with Crippen LogP contribution in [0.25, 0.3) is 0 Å². The molecule has 5 unspecified atom stereocenters. The second kappa shape index (κ2) is 14.2. The maximum absolute atomic E-state index is 14.4. The van der Waals surface area contributed by atoms with Crippen molar-refractivity contribution in [1.82, 2.24) is 10.2 Å². The Labute approximate surface area is 247 Å². The molecule has 0 radical (unpaired) electrons. The molecule has 238 valence electrons.